The second-order valence-corrected chi connectivity index (χ2v) is 9.05. The molecule has 6 nitrogen and oxygen atoms in total. The van der Waals surface area contributed by atoms with E-state index in [9.17, 15) is 9.59 Å². The number of fused-ring (bicyclic) bond motifs is 1. The second kappa shape index (κ2) is 10.1. The number of hydrogen-bond donors (Lipinski definition) is 0. The summed E-state index contributed by atoms with van der Waals surface area (Å²) in [6.07, 6.45) is 2.19. The van der Waals surface area contributed by atoms with Gasteiger partial charge < -0.3 is 14.3 Å². The van der Waals surface area contributed by atoms with Gasteiger partial charge in [0.15, 0.2) is 0 Å². The molecule has 1 heterocycles. The molecule has 0 saturated heterocycles. The fourth-order valence-electron chi connectivity index (χ4n) is 3.02. The molecule has 1 amide bonds. The molecule has 0 aliphatic rings. The molecule has 0 saturated carbocycles. The molecule has 0 fully saturated rings. The number of nitrogens with zero attached hydrogens (tertiary/aromatic N) is 2. The van der Waals surface area contributed by atoms with Gasteiger partial charge in [0.1, 0.15) is 29.8 Å². The van der Waals surface area contributed by atoms with E-state index in [1.165, 1.54) is 4.90 Å². The highest BCUT2D eigenvalue weighted by atomic mass is 127. The van der Waals surface area contributed by atoms with Crippen LogP contribution in [0.1, 0.15) is 32.8 Å². The lowest BCUT2D eigenvalue weighted by Gasteiger charge is -2.28. The van der Waals surface area contributed by atoms with Gasteiger partial charge in [-0.1, -0.05) is 30.3 Å². The summed E-state index contributed by atoms with van der Waals surface area (Å²) in [6, 6.07) is 15.4. The number of hydrogen-bond acceptors (Lipinski definition) is 5. The highest BCUT2D eigenvalue weighted by Gasteiger charge is 2.26. The molecule has 0 aliphatic carbocycles. The van der Waals surface area contributed by atoms with Crippen LogP contribution in [0.5, 0.6) is 5.75 Å². The fourth-order valence-corrected chi connectivity index (χ4v) is 3.91. The van der Waals surface area contributed by atoms with Crippen molar-refractivity contribution in [3.05, 3.63) is 63.9 Å². The molecule has 1 aromatic heterocycles. The summed E-state index contributed by atoms with van der Waals surface area (Å²) >= 11 is 2.20. The van der Waals surface area contributed by atoms with Gasteiger partial charge in [0, 0.05) is 34.2 Å². The largest absolute Gasteiger partial charge is 0.487 e. The van der Waals surface area contributed by atoms with E-state index >= 15 is 0 Å². The lowest BCUT2D eigenvalue weighted by molar-refractivity contribution is -0.107. The van der Waals surface area contributed by atoms with Gasteiger partial charge in [-0.15, -0.1) is 0 Å². The van der Waals surface area contributed by atoms with Gasteiger partial charge in [-0.25, -0.2) is 4.79 Å². The number of anilines is 1. The van der Waals surface area contributed by atoms with Crippen molar-refractivity contribution >= 4 is 51.6 Å². The maximum atomic E-state index is 13.0. The minimum atomic E-state index is -0.660. The van der Waals surface area contributed by atoms with E-state index in [0.717, 1.165) is 20.8 Å². The quantitative estimate of drug-likeness (QED) is 0.287. The summed E-state index contributed by atoms with van der Waals surface area (Å²) in [6.45, 7) is 6.01. The monoisotopic (exact) mass is 532 g/mol. The number of ether oxygens (including phenoxy) is 2. The molecule has 0 spiro atoms. The van der Waals surface area contributed by atoms with Crippen LogP contribution in [-0.2, 0) is 16.1 Å². The number of benzene rings is 2. The average Bonchev–Trinajstić information content (AvgIpc) is 2.74. The molecule has 31 heavy (non-hydrogen) atoms. The smallest absolute Gasteiger partial charge is 0.414 e. The summed E-state index contributed by atoms with van der Waals surface area (Å²) in [5, 5.41) is 0.864. The van der Waals surface area contributed by atoms with Crippen LogP contribution in [0, 0.1) is 3.57 Å². The van der Waals surface area contributed by atoms with Gasteiger partial charge in [0.2, 0.25) is 0 Å². The van der Waals surface area contributed by atoms with Crippen molar-refractivity contribution in [1.82, 2.24) is 4.98 Å². The lowest BCUT2D eigenvalue weighted by atomic mass is 10.1. The maximum Gasteiger partial charge on any atom is 0.414 e. The standard InChI is InChI=1S/C24H25IN2O4/c1-24(2,3)31-23(29)27(13-8-14-28)19-15-20(30-16-17-9-5-4-6-10-17)22-18(21(19)25)11-7-12-26-22/h4-7,9-12,14-15H,8,13,16H2,1-3H3. The van der Waals surface area contributed by atoms with Crippen molar-refractivity contribution in [2.45, 2.75) is 39.4 Å². The van der Waals surface area contributed by atoms with E-state index < -0.39 is 11.7 Å². The second-order valence-electron chi connectivity index (χ2n) is 7.97. The summed E-state index contributed by atoms with van der Waals surface area (Å²) in [7, 11) is 0. The van der Waals surface area contributed by atoms with Crippen LogP contribution in [0.25, 0.3) is 10.9 Å². The molecule has 0 aliphatic heterocycles. The van der Waals surface area contributed by atoms with Crippen LogP contribution in [-0.4, -0.2) is 29.5 Å². The van der Waals surface area contributed by atoms with Gasteiger partial charge in [0.05, 0.1) is 5.69 Å². The number of carbonyl (C=O) groups excluding carboxylic acids is 2. The molecule has 0 N–H and O–H groups in total. The van der Waals surface area contributed by atoms with Crippen molar-refractivity contribution in [3.8, 4) is 5.75 Å². The van der Waals surface area contributed by atoms with Crippen LogP contribution >= 0.6 is 22.6 Å². The lowest BCUT2D eigenvalue weighted by Crippen LogP contribution is -2.38. The zero-order valence-corrected chi connectivity index (χ0v) is 20.0. The molecule has 2 aromatic carbocycles. The highest BCUT2D eigenvalue weighted by molar-refractivity contribution is 14.1. The molecular formula is C24H25IN2O4. The zero-order chi connectivity index (χ0) is 22.4. The Balaban J connectivity index is 2.05. The SMILES string of the molecule is CC(C)(C)OC(=O)N(CCC=O)c1cc(OCc2ccccc2)c2ncccc2c1I. The third-order valence-electron chi connectivity index (χ3n) is 4.38. The van der Waals surface area contributed by atoms with E-state index in [-0.39, 0.29) is 13.0 Å². The number of carbonyl (C=O) groups is 2. The van der Waals surface area contributed by atoms with Crippen LogP contribution < -0.4 is 9.64 Å². The Morgan fingerprint density at radius 1 is 1.16 bits per heavy atom. The molecule has 3 rings (SSSR count). The average molecular weight is 532 g/mol. The van der Waals surface area contributed by atoms with E-state index in [2.05, 4.69) is 27.6 Å². The van der Waals surface area contributed by atoms with Gasteiger partial charge in [0.25, 0.3) is 0 Å². The third kappa shape index (κ3) is 5.94. The topological polar surface area (TPSA) is 68.7 Å². The molecule has 0 bridgehead atoms. The number of pyridine rings is 1. The number of aldehydes is 1. The number of amides is 1. The Morgan fingerprint density at radius 2 is 1.90 bits per heavy atom. The molecular weight excluding hydrogens is 507 g/mol. The van der Waals surface area contributed by atoms with Gasteiger partial charge >= 0.3 is 6.09 Å². The Kier molecular flexibility index (Phi) is 7.48. The third-order valence-corrected chi connectivity index (χ3v) is 5.52. The summed E-state index contributed by atoms with van der Waals surface area (Å²) in [5.74, 6) is 0.564. The number of aromatic nitrogens is 1. The van der Waals surface area contributed by atoms with Crippen molar-refractivity contribution in [2.75, 3.05) is 11.4 Å². The predicted octanol–water partition coefficient (Wildman–Crippen LogP) is 5.75. The minimum Gasteiger partial charge on any atom is -0.487 e. The minimum absolute atomic E-state index is 0.195. The Morgan fingerprint density at radius 3 is 2.58 bits per heavy atom. The van der Waals surface area contributed by atoms with Crippen molar-refractivity contribution in [3.63, 3.8) is 0 Å². The van der Waals surface area contributed by atoms with Gasteiger partial charge in [-0.05, 0) is 61.1 Å². The summed E-state index contributed by atoms with van der Waals surface area (Å²) in [4.78, 5) is 30.0. The first-order valence-electron chi connectivity index (χ1n) is 9.98. The fraction of sp³-hybridized carbons (Fsp3) is 0.292. The van der Waals surface area contributed by atoms with E-state index in [1.54, 1.807) is 12.3 Å². The first-order valence-corrected chi connectivity index (χ1v) is 11.1. The normalized spacial score (nSPS) is 11.2. The van der Waals surface area contributed by atoms with E-state index in [1.807, 2.05) is 63.2 Å². The van der Waals surface area contributed by atoms with Crippen molar-refractivity contribution in [1.29, 1.82) is 0 Å². The molecule has 0 unspecified atom stereocenters. The Labute approximate surface area is 195 Å². The van der Waals surface area contributed by atoms with E-state index in [4.69, 9.17) is 9.47 Å². The molecule has 162 valence electrons. The molecule has 3 aromatic rings. The molecule has 0 radical (unpaired) electrons. The maximum absolute atomic E-state index is 13.0. The Hall–Kier alpha value is -2.68. The van der Waals surface area contributed by atoms with Crippen molar-refractivity contribution in [2.24, 2.45) is 0 Å². The summed E-state index contributed by atoms with van der Waals surface area (Å²) < 4.78 is 12.6. The Bertz CT molecular complexity index is 1060. The molecule has 7 heteroatoms. The van der Waals surface area contributed by atoms with E-state index in [0.29, 0.717) is 23.6 Å². The van der Waals surface area contributed by atoms with Crippen LogP contribution in [0.3, 0.4) is 0 Å². The van der Waals surface area contributed by atoms with Crippen molar-refractivity contribution < 1.29 is 19.1 Å². The number of halogens is 1. The first kappa shape index (κ1) is 23.0. The van der Waals surface area contributed by atoms with Crippen LogP contribution in [0.15, 0.2) is 54.7 Å². The highest BCUT2D eigenvalue weighted by Crippen LogP contribution is 2.37. The number of rotatable bonds is 7. The van der Waals surface area contributed by atoms with Crippen LogP contribution in [0.2, 0.25) is 0 Å². The predicted molar refractivity (Wildman–Crippen MR) is 129 cm³/mol. The summed E-state index contributed by atoms with van der Waals surface area (Å²) in [5.41, 5.74) is 1.70. The first-order chi connectivity index (χ1) is 14.8. The van der Waals surface area contributed by atoms with Gasteiger partial charge in [-0.2, -0.15) is 0 Å². The van der Waals surface area contributed by atoms with Gasteiger partial charge in [-0.3, -0.25) is 9.88 Å². The zero-order valence-electron chi connectivity index (χ0n) is 17.8. The van der Waals surface area contributed by atoms with Crippen LogP contribution in [0.4, 0.5) is 10.5 Å². The molecule has 0 atom stereocenters.